The SMILES string of the molecule is O=C(c1cc2nc[nH]c2cn1)N1CC(C2CC2)C(F)(CO)C1. The van der Waals surface area contributed by atoms with E-state index in [1.54, 1.807) is 12.3 Å². The van der Waals surface area contributed by atoms with Crippen LogP contribution in [0.2, 0.25) is 0 Å². The minimum Gasteiger partial charge on any atom is -0.393 e. The van der Waals surface area contributed by atoms with Gasteiger partial charge in [0, 0.05) is 12.5 Å². The molecule has 22 heavy (non-hydrogen) atoms. The van der Waals surface area contributed by atoms with Gasteiger partial charge in [-0.1, -0.05) is 0 Å². The van der Waals surface area contributed by atoms with Gasteiger partial charge in [0.2, 0.25) is 0 Å². The lowest BCUT2D eigenvalue weighted by molar-refractivity contribution is 0.0360. The van der Waals surface area contributed by atoms with Crippen molar-refractivity contribution in [2.75, 3.05) is 19.7 Å². The molecule has 1 aliphatic carbocycles. The normalized spacial score (nSPS) is 28.5. The van der Waals surface area contributed by atoms with E-state index in [1.165, 1.54) is 11.2 Å². The molecule has 4 rings (SSSR count). The lowest BCUT2D eigenvalue weighted by Gasteiger charge is -2.23. The molecule has 3 heterocycles. The molecule has 6 nitrogen and oxygen atoms in total. The summed E-state index contributed by atoms with van der Waals surface area (Å²) < 4.78 is 14.8. The Balaban J connectivity index is 1.60. The average Bonchev–Trinajstić information content (AvgIpc) is 3.15. The highest BCUT2D eigenvalue weighted by Crippen LogP contribution is 2.47. The molecule has 2 aliphatic rings. The Hall–Kier alpha value is -2.02. The van der Waals surface area contributed by atoms with Crippen molar-refractivity contribution >= 4 is 16.9 Å². The van der Waals surface area contributed by atoms with Crippen LogP contribution in [0.5, 0.6) is 0 Å². The topological polar surface area (TPSA) is 82.1 Å². The number of aromatic nitrogens is 3. The number of nitrogens with one attached hydrogen (secondary N) is 1. The van der Waals surface area contributed by atoms with Crippen LogP contribution >= 0.6 is 0 Å². The molecule has 2 aromatic rings. The number of hydrogen-bond acceptors (Lipinski definition) is 4. The number of carbonyl (C=O) groups is 1. The van der Waals surface area contributed by atoms with Gasteiger partial charge in [0.05, 0.1) is 36.7 Å². The van der Waals surface area contributed by atoms with Crippen LogP contribution in [0.25, 0.3) is 11.0 Å². The van der Waals surface area contributed by atoms with Crippen LogP contribution in [0.15, 0.2) is 18.6 Å². The maximum atomic E-state index is 14.8. The van der Waals surface area contributed by atoms with Crippen LogP contribution in [0.4, 0.5) is 4.39 Å². The summed E-state index contributed by atoms with van der Waals surface area (Å²) in [5.74, 6) is -0.282. The number of halogens is 1. The van der Waals surface area contributed by atoms with Gasteiger partial charge in [-0.05, 0) is 24.8 Å². The molecule has 2 atom stereocenters. The third-order valence-electron chi connectivity index (χ3n) is 4.80. The number of nitrogens with zero attached hydrogens (tertiary/aromatic N) is 3. The molecule has 7 heteroatoms. The van der Waals surface area contributed by atoms with Crippen LogP contribution in [0, 0.1) is 11.8 Å². The van der Waals surface area contributed by atoms with Gasteiger partial charge < -0.3 is 15.0 Å². The van der Waals surface area contributed by atoms with Crippen molar-refractivity contribution in [3.63, 3.8) is 0 Å². The second-order valence-electron chi connectivity index (χ2n) is 6.31. The van der Waals surface area contributed by atoms with Crippen molar-refractivity contribution < 1.29 is 14.3 Å². The van der Waals surface area contributed by atoms with Crippen molar-refractivity contribution in [3.8, 4) is 0 Å². The lowest BCUT2D eigenvalue weighted by Crippen LogP contribution is -2.39. The van der Waals surface area contributed by atoms with E-state index < -0.39 is 12.3 Å². The fourth-order valence-corrected chi connectivity index (χ4v) is 3.41. The first-order valence-electron chi connectivity index (χ1n) is 7.49. The van der Waals surface area contributed by atoms with E-state index in [4.69, 9.17) is 0 Å². The number of likely N-dealkylation sites (tertiary alicyclic amines) is 1. The number of alkyl halides is 1. The Morgan fingerprint density at radius 1 is 1.50 bits per heavy atom. The van der Waals surface area contributed by atoms with Gasteiger partial charge in [-0.15, -0.1) is 0 Å². The van der Waals surface area contributed by atoms with Gasteiger partial charge in [-0.2, -0.15) is 0 Å². The maximum Gasteiger partial charge on any atom is 0.272 e. The van der Waals surface area contributed by atoms with E-state index in [-0.39, 0.29) is 30.0 Å². The summed E-state index contributed by atoms with van der Waals surface area (Å²) >= 11 is 0. The number of aliphatic hydroxyl groups is 1. The summed E-state index contributed by atoms with van der Waals surface area (Å²) in [5, 5.41) is 9.41. The molecule has 2 fully saturated rings. The van der Waals surface area contributed by atoms with Crippen molar-refractivity contribution in [2.24, 2.45) is 11.8 Å². The number of amides is 1. The molecule has 0 radical (unpaired) electrons. The number of aliphatic hydroxyl groups excluding tert-OH is 1. The quantitative estimate of drug-likeness (QED) is 0.891. The van der Waals surface area contributed by atoms with Crippen LogP contribution in [-0.2, 0) is 0 Å². The molecule has 2 unspecified atom stereocenters. The molecule has 0 bridgehead atoms. The Bertz CT molecular complexity index is 729. The monoisotopic (exact) mass is 304 g/mol. The van der Waals surface area contributed by atoms with Gasteiger partial charge in [0.25, 0.3) is 5.91 Å². The number of imidazole rings is 1. The molecular weight excluding hydrogens is 287 g/mol. The molecule has 1 saturated heterocycles. The minimum atomic E-state index is -1.69. The number of H-pyrrole nitrogens is 1. The zero-order valence-corrected chi connectivity index (χ0v) is 12.0. The molecule has 1 amide bonds. The number of rotatable bonds is 3. The molecule has 1 saturated carbocycles. The second kappa shape index (κ2) is 4.74. The number of fused-ring (bicyclic) bond motifs is 1. The molecule has 0 spiro atoms. The smallest absolute Gasteiger partial charge is 0.272 e. The molecule has 2 aromatic heterocycles. The summed E-state index contributed by atoms with van der Waals surface area (Å²) in [4.78, 5) is 25.2. The van der Waals surface area contributed by atoms with E-state index in [0.717, 1.165) is 18.4 Å². The van der Waals surface area contributed by atoms with Crippen LogP contribution in [0.3, 0.4) is 0 Å². The molecule has 116 valence electrons. The second-order valence-corrected chi connectivity index (χ2v) is 6.31. The fourth-order valence-electron chi connectivity index (χ4n) is 3.41. The third-order valence-corrected chi connectivity index (χ3v) is 4.80. The highest BCUT2D eigenvalue weighted by Gasteiger charge is 2.54. The van der Waals surface area contributed by atoms with Gasteiger partial charge in [0.15, 0.2) is 5.67 Å². The van der Waals surface area contributed by atoms with Crippen LogP contribution in [0.1, 0.15) is 23.3 Å². The van der Waals surface area contributed by atoms with E-state index in [1.807, 2.05) is 0 Å². The van der Waals surface area contributed by atoms with Gasteiger partial charge in [0.1, 0.15) is 5.69 Å². The van der Waals surface area contributed by atoms with E-state index in [2.05, 4.69) is 15.0 Å². The molecule has 1 aliphatic heterocycles. The largest absolute Gasteiger partial charge is 0.393 e. The number of hydrogen-bond donors (Lipinski definition) is 2. The Morgan fingerprint density at radius 3 is 3.05 bits per heavy atom. The van der Waals surface area contributed by atoms with Crippen molar-refractivity contribution in [1.29, 1.82) is 0 Å². The maximum absolute atomic E-state index is 14.8. The zero-order valence-electron chi connectivity index (χ0n) is 12.0. The predicted octanol–water partition coefficient (Wildman–Crippen LogP) is 1.14. The molecular formula is C15H17FN4O2. The molecule has 0 aromatic carbocycles. The Labute approximate surface area is 126 Å². The summed E-state index contributed by atoms with van der Waals surface area (Å²) in [5.41, 5.74) is -0.0156. The highest BCUT2D eigenvalue weighted by atomic mass is 19.1. The Morgan fingerprint density at radius 2 is 2.32 bits per heavy atom. The van der Waals surface area contributed by atoms with Gasteiger partial charge >= 0.3 is 0 Å². The summed E-state index contributed by atoms with van der Waals surface area (Å²) in [7, 11) is 0. The fraction of sp³-hybridized carbons (Fsp3) is 0.533. The Kier molecular flexibility index (Phi) is 2.94. The lowest BCUT2D eigenvalue weighted by atomic mass is 9.89. The summed E-state index contributed by atoms with van der Waals surface area (Å²) in [6, 6.07) is 1.61. The van der Waals surface area contributed by atoms with Crippen LogP contribution in [-0.4, -0.2) is 56.2 Å². The zero-order chi connectivity index (χ0) is 15.3. The van der Waals surface area contributed by atoms with Crippen molar-refractivity contribution in [3.05, 3.63) is 24.3 Å². The summed E-state index contributed by atoms with van der Waals surface area (Å²) in [6.07, 6.45) is 5.06. The summed E-state index contributed by atoms with van der Waals surface area (Å²) in [6.45, 7) is -0.256. The number of aromatic amines is 1. The third kappa shape index (κ3) is 2.08. The average molecular weight is 304 g/mol. The number of carbonyl (C=O) groups excluding carboxylic acids is 1. The minimum absolute atomic E-state index is 0.0657. The van der Waals surface area contributed by atoms with Crippen molar-refractivity contribution in [1.82, 2.24) is 19.9 Å². The van der Waals surface area contributed by atoms with Gasteiger partial charge in [-0.25, -0.2) is 14.4 Å². The molecule has 2 N–H and O–H groups in total. The predicted molar refractivity (Wildman–Crippen MR) is 76.9 cm³/mol. The van der Waals surface area contributed by atoms with E-state index in [9.17, 15) is 14.3 Å². The standard InChI is InChI=1S/C15H17FN4O2/c16-15(7-21)6-20(5-10(15)9-1-2-9)14(22)12-3-11-13(4-17-12)19-8-18-11/h3-4,8-10,21H,1-2,5-7H2,(H,18,19). The van der Waals surface area contributed by atoms with Gasteiger partial charge in [-0.3, -0.25) is 4.79 Å². The van der Waals surface area contributed by atoms with Crippen LogP contribution < -0.4 is 0 Å². The first kappa shape index (κ1) is 13.6. The van der Waals surface area contributed by atoms with Crippen molar-refractivity contribution in [2.45, 2.75) is 18.5 Å². The highest BCUT2D eigenvalue weighted by molar-refractivity contribution is 5.95. The van der Waals surface area contributed by atoms with E-state index in [0.29, 0.717) is 12.1 Å². The van der Waals surface area contributed by atoms with E-state index >= 15 is 0 Å². The first-order chi connectivity index (χ1) is 10.6. The first-order valence-corrected chi connectivity index (χ1v) is 7.49. The number of pyridine rings is 1.